The van der Waals surface area contributed by atoms with E-state index in [-0.39, 0.29) is 16.6 Å². The summed E-state index contributed by atoms with van der Waals surface area (Å²) in [6.07, 6.45) is -0.557. The number of hydrogen-bond acceptors (Lipinski definition) is 4. The van der Waals surface area contributed by atoms with E-state index in [0.29, 0.717) is 23.4 Å². The van der Waals surface area contributed by atoms with Crippen molar-refractivity contribution in [1.82, 2.24) is 4.90 Å². The van der Waals surface area contributed by atoms with Crippen LogP contribution in [0.5, 0.6) is 0 Å². The highest BCUT2D eigenvalue weighted by Crippen LogP contribution is 2.36. The van der Waals surface area contributed by atoms with Gasteiger partial charge in [0.05, 0.1) is 10.5 Å². The number of carbonyl (C=O) groups is 1. The maximum Gasteiger partial charge on any atom is 0.288 e. The summed E-state index contributed by atoms with van der Waals surface area (Å²) >= 11 is 5.96. The van der Waals surface area contributed by atoms with Crippen LogP contribution in [-0.4, -0.2) is 15.7 Å². The Hall–Kier alpha value is -3.38. The van der Waals surface area contributed by atoms with E-state index < -0.39 is 11.1 Å². The van der Waals surface area contributed by atoms with E-state index in [4.69, 9.17) is 11.6 Å². The van der Waals surface area contributed by atoms with Gasteiger partial charge in [0.25, 0.3) is 11.6 Å². The van der Waals surface area contributed by atoms with Gasteiger partial charge in [-0.1, -0.05) is 60.1 Å². The van der Waals surface area contributed by atoms with Gasteiger partial charge in [0.1, 0.15) is 11.2 Å². The number of nitro benzene ring substituents is 1. The van der Waals surface area contributed by atoms with Crippen molar-refractivity contribution in [1.29, 1.82) is 0 Å². The molecule has 3 aromatic rings. The number of hydrogen-bond donors (Lipinski definition) is 1. The first kappa shape index (κ1) is 18.0. The Morgan fingerprint density at radius 2 is 1.75 bits per heavy atom. The van der Waals surface area contributed by atoms with Crippen LogP contribution >= 0.6 is 11.6 Å². The molecule has 0 saturated heterocycles. The topological polar surface area (TPSA) is 75.5 Å². The van der Waals surface area contributed by atoms with Crippen LogP contribution in [0, 0.1) is 10.1 Å². The van der Waals surface area contributed by atoms with Gasteiger partial charge in [-0.25, -0.2) is 0 Å². The maximum absolute atomic E-state index is 13.2. The molecule has 7 heteroatoms. The number of carbonyl (C=O) groups excluding carboxylic acids is 1. The summed E-state index contributed by atoms with van der Waals surface area (Å²) < 4.78 is 0. The lowest BCUT2D eigenvalue weighted by Gasteiger charge is -2.38. The highest BCUT2D eigenvalue weighted by Gasteiger charge is 2.33. The Balaban J connectivity index is 1.79. The molecule has 4 rings (SSSR count). The minimum absolute atomic E-state index is 0.0610. The van der Waals surface area contributed by atoms with E-state index in [1.165, 1.54) is 12.1 Å². The first-order valence-corrected chi connectivity index (χ1v) is 9.06. The summed E-state index contributed by atoms with van der Waals surface area (Å²) in [6.45, 7) is 0.363. The number of fused-ring (bicyclic) bond motifs is 1. The summed E-state index contributed by atoms with van der Waals surface area (Å²) in [6, 6.07) is 21.5. The van der Waals surface area contributed by atoms with Crippen molar-refractivity contribution < 1.29 is 9.72 Å². The molecule has 28 heavy (non-hydrogen) atoms. The van der Waals surface area contributed by atoms with Crippen molar-refractivity contribution in [2.24, 2.45) is 0 Å². The van der Waals surface area contributed by atoms with Gasteiger partial charge in [0.15, 0.2) is 0 Å². The third-order valence-corrected chi connectivity index (χ3v) is 5.02. The van der Waals surface area contributed by atoms with Gasteiger partial charge < -0.3 is 10.2 Å². The van der Waals surface area contributed by atoms with Crippen LogP contribution in [0.25, 0.3) is 0 Å². The average molecular weight is 394 g/mol. The zero-order valence-corrected chi connectivity index (χ0v) is 15.5. The predicted octanol–water partition coefficient (Wildman–Crippen LogP) is 5.01. The molecule has 0 aliphatic carbocycles. The Kier molecular flexibility index (Phi) is 4.71. The molecule has 1 atom stereocenters. The molecule has 1 N–H and O–H groups in total. The summed E-state index contributed by atoms with van der Waals surface area (Å²) in [7, 11) is 0. The first-order chi connectivity index (χ1) is 13.5. The Morgan fingerprint density at radius 3 is 2.50 bits per heavy atom. The number of para-hydroxylation sites is 1. The molecular weight excluding hydrogens is 378 g/mol. The molecule has 1 aliphatic heterocycles. The lowest BCUT2D eigenvalue weighted by atomic mass is 10.0. The first-order valence-electron chi connectivity index (χ1n) is 8.69. The van der Waals surface area contributed by atoms with Crippen molar-refractivity contribution in [3.8, 4) is 0 Å². The number of nitrogens with one attached hydrogen (secondary N) is 1. The third-order valence-electron chi connectivity index (χ3n) is 4.70. The summed E-state index contributed by atoms with van der Waals surface area (Å²) in [5.74, 6) is -0.138. The number of halogens is 1. The van der Waals surface area contributed by atoms with Gasteiger partial charge in [0.2, 0.25) is 0 Å². The molecule has 1 aliphatic rings. The van der Waals surface area contributed by atoms with E-state index in [2.05, 4.69) is 5.32 Å². The quantitative estimate of drug-likeness (QED) is 0.499. The fourth-order valence-corrected chi connectivity index (χ4v) is 3.53. The van der Waals surface area contributed by atoms with Crippen LogP contribution < -0.4 is 5.32 Å². The second-order valence-corrected chi connectivity index (χ2v) is 6.89. The van der Waals surface area contributed by atoms with Crippen LogP contribution in [0.3, 0.4) is 0 Å². The highest BCUT2D eigenvalue weighted by molar-refractivity contribution is 6.32. The molecule has 1 amide bonds. The van der Waals surface area contributed by atoms with Crippen molar-refractivity contribution in [3.05, 3.63) is 105 Å². The number of benzene rings is 3. The second-order valence-electron chi connectivity index (χ2n) is 6.48. The monoisotopic (exact) mass is 393 g/mol. The van der Waals surface area contributed by atoms with Gasteiger partial charge in [-0.15, -0.1) is 0 Å². The van der Waals surface area contributed by atoms with E-state index in [1.807, 2.05) is 48.5 Å². The van der Waals surface area contributed by atoms with Gasteiger partial charge in [-0.3, -0.25) is 14.9 Å². The van der Waals surface area contributed by atoms with Crippen molar-refractivity contribution in [2.45, 2.75) is 12.7 Å². The zero-order chi connectivity index (χ0) is 19.7. The fourth-order valence-electron chi connectivity index (χ4n) is 3.34. The Labute approximate surface area is 166 Å². The van der Waals surface area contributed by atoms with Crippen LogP contribution in [0.4, 0.5) is 11.4 Å². The standard InChI is InChI=1S/C21H16ClN3O3/c22-17-11-10-15(12-19(17)25(27)28)20-23-18-9-5-4-8-16(18)21(26)24(20)13-14-6-2-1-3-7-14/h1-12,20,23H,13H2/t20-/m0/s1. The number of nitro groups is 1. The molecular formula is C21H16ClN3O3. The largest absolute Gasteiger partial charge is 0.361 e. The number of anilines is 1. The van der Waals surface area contributed by atoms with Crippen LogP contribution in [-0.2, 0) is 6.54 Å². The van der Waals surface area contributed by atoms with E-state index in [9.17, 15) is 14.9 Å². The molecule has 0 aromatic heterocycles. The van der Waals surface area contributed by atoms with Crippen molar-refractivity contribution in [2.75, 3.05) is 5.32 Å². The summed E-state index contributed by atoms with van der Waals surface area (Å²) in [4.78, 5) is 25.7. The predicted molar refractivity (Wildman–Crippen MR) is 107 cm³/mol. The highest BCUT2D eigenvalue weighted by atomic mass is 35.5. The number of amides is 1. The van der Waals surface area contributed by atoms with Crippen LogP contribution in [0.15, 0.2) is 72.8 Å². The van der Waals surface area contributed by atoms with E-state index in [1.54, 1.807) is 17.0 Å². The lowest BCUT2D eigenvalue weighted by molar-refractivity contribution is -0.384. The van der Waals surface area contributed by atoms with Gasteiger partial charge >= 0.3 is 0 Å². The molecule has 6 nitrogen and oxygen atoms in total. The number of nitrogens with zero attached hydrogens (tertiary/aromatic N) is 2. The van der Waals surface area contributed by atoms with Gasteiger partial charge in [-0.05, 0) is 23.8 Å². The normalized spacial score (nSPS) is 15.7. The van der Waals surface area contributed by atoms with Crippen molar-refractivity contribution in [3.63, 3.8) is 0 Å². The molecule has 140 valence electrons. The van der Waals surface area contributed by atoms with Gasteiger partial charge in [-0.2, -0.15) is 0 Å². The fraction of sp³-hybridized carbons (Fsp3) is 0.0952. The maximum atomic E-state index is 13.2. The lowest BCUT2D eigenvalue weighted by Crippen LogP contribution is -2.42. The summed E-state index contributed by atoms with van der Waals surface area (Å²) in [5.41, 5.74) is 2.63. The molecule has 0 unspecified atom stereocenters. The van der Waals surface area contributed by atoms with Crippen LogP contribution in [0.2, 0.25) is 5.02 Å². The molecule has 0 saturated carbocycles. The second kappa shape index (κ2) is 7.32. The third kappa shape index (κ3) is 3.30. The minimum Gasteiger partial charge on any atom is -0.361 e. The molecule has 0 fully saturated rings. The molecule has 0 bridgehead atoms. The molecule has 3 aromatic carbocycles. The van der Waals surface area contributed by atoms with Crippen molar-refractivity contribution >= 4 is 28.9 Å². The average Bonchev–Trinajstić information content (AvgIpc) is 2.71. The Bertz CT molecular complexity index is 1060. The molecule has 0 spiro atoms. The molecule has 1 heterocycles. The van der Waals surface area contributed by atoms with E-state index in [0.717, 1.165) is 5.56 Å². The molecule has 0 radical (unpaired) electrons. The van der Waals surface area contributed by atoms with Gasteiger partial charge in [0, 0.05) is 23.9 Å². The van der Waals surface area contributed by atoms with E-state index >= 15 is 0 Å². The Morgan fingerprint density at radius 1 is 1.04 bits per heavy atom. The number of rotatable bonds is 4. The SMILES string of the molecule is O=C1c2ccccc2N[C@H](c2ccc(Cl)c([N+](=O)[O-])c2)N1Cc1ccccc1. The smallest absolute Gasteiger partial charge is 0.288 e. The van der Waals surface area contributed by atoms with Crippen LogP contribution in [0.1, 0.15) is 27.7 Å². The zero-order valence-electron chi connectivity index (χ0n) is 14.7. The summed E-state index contributed by atoms with van der Waals surface area (Å²) in [5, 5.41) is 14.7. The minimum atomic E-state index is -0.557.